The largest absolute Gasteiger partial charge is 0.346 e. The number of halogens is 1. The lowest BCUT2D eigenvalue weighted by Crippen LogP contribution is -2.22. The molecule has 1 N–H and O–H groups in total. The van der Waals surface area contributed by atoms with Crippen LogP contribution in [-0.2, 0) is 19.3 Å². The number of nitrogens with zero attached hydrogens (tertiary/aromatic N) is 6. The van der Waals surface area contributed by atoms with Crippen LogP contribution in [0.3, 0.4) is 0 Å². The summed E-state index contributed by atoms with van der Waals surface area (Å²) in [4.78, 5) is 12.1. The molecule has 0 bridgehead atoms. The summed E-state index contributed by atoms with van der Waals surface area (Å²) in [6.45, 7) is 0.299. The fraction of sp³-hybridized carbons (Fsp3) is 0.231. The van der Waals surface area contributed by atoms with Gasteiger partial charge < -0.3 is 5.32 Å². The first-order valence-corrected chi connectivity index (χ1v) is 8.62. The zero-order valence-corrected chi connectivity index (χ0v) is 14.1. The van der Waals surface area contributed by atoms with Crippen LogP contribution in [0, 0.1) is 5.82 Å². The molecule has 24 heavy (non-hydrogen) atoms. The molecular formula is C13H12FN7OS2. The number of nitrogens with one attached hydrogen (secondary N) is 1. The van der Waals surface area contributed by atoms with Gasteiger partial charge in [0.05, 0.1) is 5.75 Å². The van der Waals surface area contributed by atoms with Gasteiger partial charge in [-0.25, -0.2) is 9.07 Å². The topological polar surface area (TPSA) is 98.5 Å². The molecule has 11 heteroatoms. The molecule has 0 aliphatic rings. The summed E-state index contributed by atoms with van der Waals surface area (Å²) in [6.07, 6.45) is 0. The van der Waals surface area contributed by atoms with E-state index in [9.17, 15) is 9.18 Å². The quantitative estimate of drug-likeness (QED) is 0.660. The summed E-state index contributed by atoms with van der Waals surface area (Å²) in [5, 5.41) is 23.4. The van der Waals surface area contributed by atoms with Crippen molar-refractivity contribution < 1.29 is 9.18 Å². The zero-order chi connectivity index (χ0) is 16.9. The van der Waals surface area contributed by atoms with Crippen molar-refractivity contribution in [2.45, 2.75) is 17.5 Å². The number of hydrogen-bond acceptors (Lipinski definition) is 8. The van der Waals surface area contributed by atoms with Crippen LogP contribution in [0.25, 0.3) is 0 Å². The van der Waals surface area contributed by atoms with Crippen molar-refractivity contribution in [3.05, 3.63) is 45.7 Å². The van der Waals surface area contributed by atoms with Crippen molar-refractivity contribution in [1.29, 1.82) is 0 Å². The predicted molar refractivity (Wildman–Crippen MR) is 85.8 cm³/mol. The smallest absolute Gasteiger partial charge is 0.282 e. The molecule has 3 aromatic rings. The predicted octanol–water partition coefficient (Wildman–Crippen LogP) is 1.42. The molecule has 0 saturated heterocycles. The first-order chi connectivity index (χ1) is 11.6. The third-order valence-electron chi connectivity index (χ3n) is 2.93. The van der Waals surface area contributed by atoms with E-state index in [1.807, 2.05) is 0 Å². The molecule has 0 radical (unpaired) electrons. The second-order valence-corrected chi connectivity index (χ2v) is 6.69. The monoisotopic (exact) mass is 365 g/mol. The van der Waals surface area contributed by atoms with Gasteiger partial charge in [0.2, 0.25) is 10.2 Å². The van der Waals surface area contributed by atoms with Crippen LogP contribution in [0.1, 0.15) is 20.4 Å². The molecule has 0 unspecified atom stereocenters. The van der Waals surface area contributed by atoms with Gasteiger partial charge in [-0.3, -0.25) is 4.79 Å². The van der Waals surface area contributed by atoms with E-state index in [1.54, 1.807) is 23.9 Å². The standard InChI is InChI=1S/C13H12FN7OS2/c1-21-13(18-19-20-21)23-7-10-16-17-12(24-10)11(22)15-6-8-2-4-9(14)5-3-8/h2-5H,6-7H2,1H3,(H,15,22). The Balaban J connectivity index is 1.53. The second kappa shape index (κ2) is 7.45. The summed E-state index contributed by atoms with van der Waals surface area (Å²) in [5.41, 5.74) is 0.805. The summed E-state index contributed by atoms with van der Waals surface area (Å²) < 4.78 is 14.4. The van der Waals surface area contributed by atoms with Crippen molar-refractivity contribution in [3.8, 4) is 0 Å². The van der Waals surface area contributed by atoms with E-state index in [-0.39, 0.29) is 16.7 Å². The number of amides is 1. The molecule has 0 aliphatic heterocycles. The van der Waals surface area contributed by atoms with Crippen LogP contribution >= 0.6 is 23.1 Å². The van der Waals surface area contributed by atoms with E-state index >= 15 is 0 Å². The maximum atomic E-state index is 12.8. The minimum absolute atomic E-state index is 0.281. The van der Waals surface area contributed by atoms with Gasteiger partial charge >= 0.3 is 0 Å². The third-order valence-corrected chi connectivity index (χ3v) is 5.06. The number of aryl methyl sites for hydroxylation is 1. The van der Waals surface area contributed by atoms with Crippen LogP contribution in [0.2, 0.25) is 0 Å². The lowest BCUT2D eigenvalue weighted by atomic mass is 10.2. The number of thioether (sulfide) groups is 1. The number of hydrogen-bond donors (Lipinski definition) is 1. The van der Waals surface area contributed by atoms with Crippen LogP contribution < -0.4 is 5.32 Å². The van der Waals surface area contributed by atoms with Gasteiger partial charge in [-0.15, -0.1) is 15.3 Å². The zero-order valence-electron chi connectivity index (χ0n) is 12.5. The minimum Gasteiger partial charge on any atom is -0.346 e. The Morgan fingerprint density at radius 2 is 2.08 bits per heavy atom. The Bertz CT molecular complexity index is 833. The summed E-state index contributed by atoms with van der Waals surface area (Å²) in [7, 11) is 1.75. The van der Waals surface area contributed by atoms with Gasteiger partial charge in [0.1, 0.15) is 10.8 Å². The van der Waals surface area contributed by atoms with Gasteiger partial charge in [0.15, 0.2) is 0 Å². The lowest BCUT2D eigenvalue weighted by Gasteiger charge is -2.02. The lowest BCUT2D eigenvalue weighted by molar-refractivity contribution is 0.0950. The van der Waals surface area contributed by atoms with Crippen LogP contribution in [0.4, 0.5) is 4.39 Å². The fourth-order valence-corrected chi connectivity index (χ4v) is 3.33. The number of aromatic nitrogens is 6. The minimum atomic E-state index is -0.312. The maximum absolute atomic E-state index is 12.8. The van der Waals surface area contributed by atoms with E-state index in [1.165, 1.54) is 35.2 Å². The highest BCUT2D eigenvalue weighted by Crippen LogP contribution is 2.21. The van der Waals surface area contributed by atoms with Crippen molar-refractivity contribution in [2.24, 2.45) is 7.05 Å². The Morgan fingerprint density at radius 1 is 1.29 bits per heavy atom. The Morgan fingerprint density at radius 3 is 2.79 bits per heavy atom. The van der Waals surface area contributed by atoms with Crippen molar-refractivity contribution in [2.75, 3.05) is 0 Å². The number of carbonyl (C=O) groups excluding carboxylic acids is 1. The normalized spacial score (nSPS) is 10.8. The first-order valence-electron chi connectivity index (χ1n) is 6.82. The van der Waals surface area contributed by atoms with E-state index < -0.39 is 0 Å². The number of rotatable bonds is 6. The van der Waals surface area contributed by atoms with Gasteiger partial charge in [-0.1, -0.05) is 35.2 Å². The molecule has 1 aromatic carbocycles. The van der Waals surface area contributed by atoms with Crippen molar-refractivity contribution in [1.82, 2.24) is 35.7 Å². The molecule has 0 atom stereocenters. The maximum Gasteiger partial charge on any atom is 0.282 e. The molecule has 1 amide bonds. The molecule has 3 rings (SSSR count). The Kier molecular flexibility index (Phi) is 5.11. The van der Waals surface area contributed by atoms with Crippen LogP contribution in [-0.4, -0.2) is 36.3 Å². The van der Waals surface area contributed by atoms with Gasteiger partial charge in [0, 0.05) is 13.6 Å². The highest BCUT2D eigenvalue weighted by atomic mass is 32.2. The molecule has 2 heterocycles. The average Bonchev–Trinajstić information content (AvgIpc) is 3.21. The molecule has 0 spiro atoms. The van der Waals surface area contributed by atoms with E-state index in [0.29, 0.717) is 22.5 Å². The van der Waals surface area contributed by atoms with E-state index in [0.717, 1.165) is 5.56 Å². The summed E-state index contributed by atoms with van der Waals surface area (Å²) in [6, 6.07) is 5.94. The molecular weight excluding hydrogens is 353 g/mol. The molecule has 0 aliphatic carbocycles. The second-order valence-electron chi connectivity index (χ2n) is 4.68. The number of benzene rings is 1. The SMILES string of the molecule is Cn1nnnc1SCc1nnc(C(=O)NCc2ccc(F)cc2)s1. The van der Waals surface area contributed by atoms with Gasteiger partial charge in [-0.2, -0.15) is 0 Å². The van der Waals surface area contributed by atoms with Crippen LogP contribution in [0.5, 0.6) is 0 Å². The van der Waals surface area contributed by atoms with E-state index in [2.05, 4.69) is 31.0 Å². The average molecular weight is 365 g/mol. The summed E-state index contributed by atoms with van der Waals surface area (Å²) >= 11 is 2.62. The number of tetrazole rings is 1. The summed E-state index contributed by atoms with van der Waals surface area (Å²) in [5.74, 6) is -0.0974. The van der Waals surface area contributed by atoms with Crippen molar-refractivity contribution >= 4 is 29.0 Å². The Hall–Kier alpha value is -2.40. The Labute approximate surface area is 144 Å². The highest BCUT2D eigenvalue weighted by molar-refractivity contribution is 7.98. The van der Waals surface area contributed by atoms with Gasteiger partial charge in [0.25, 0.3) is 5.91 Å². The third kappa shape index (κ3) is 4.11. The van der Waals surface area contributed by atoms with Crippen molar-refractivity contribution in [3.63, 3.8) is 0 Å². The molecule has 0 saturated carbocycles. The molecule has 0 fully saturated rings. The fourth-order valence-electron chi connectivity index (χ4n) is 1.73. The van der Waals surface area contributed by atoms with E-state index in [4.69, 9.17) is 0 Å². The van der Waals surface area contributed by atoms with Crippen LogP contribution in [0.15, 0.2) is 29.4 Å². The van der Waals surface area contributed by atoms with Gasteiger partial charge in [-0.05, 0) is 28.1 Å². The first kappa shape index (κ1) is 16.5. The number of carbonyl (C=O) groups is 1. The molecule has 2 aromatic heterocycles. The molecule has 8 nitrogen and oxygen atoms in total. The highest BCUT2D eigenvalue weighted by Gasteiger charge is 2.13. The molecule has 124 valence electrons.